The number of nitrogens with zero attached hydrogens (tertiary/aromatic N) is 2. The molecule has 5 heteroatoms. The number of rotatable bonds is 4. The molecule has 0 aliphatic carbocycles. The second-order valence-corrected chi connectivity index (χ2v) is 6.31. The first kappa shape index (κ1) is 16.8. The Labute approximate surface area is 157 Å². The lowest BCUT2D eigenvalue weighted by Crippen LogP contribution is -2.11. The number of carbonyl (C=O) groups is 1. The number of carbonyl (C=O) groups excluding carboxylic acids is 1. The minimum atomic E-state index is -0.176. The molecule has 0 spiro atoms. The number of fused-ring (bicyclic) bond motifs is 1. The Morgan fingerprint density at radius 2 is 1.89 bits per heavy atom. The fraction of sp³-hybridized carbons (Fsp3) is 0.0909. The molecule has 0 fully saturated rings. The molecule has 0 saturated carbocycles. The topological polar surface area (TPSA) is 55.6 Å². The SMILES string of the molecule is COc1cccc(C(=O)Nc2ccc(-c3cn4cccc(C)c4n3)cc2)c1. The van der Waals surface area contributed by atoms with Crippen molar-refractivity contribution in [3.05, 3.63) is 84.2 Å². The Bertz CT molecular complexity index is 1110. The Morgan fingerprint density at radius 3 is 2.63 bits per heavy atom. The molecular weight excluding hydrogens is 338 g/mol. The second kappa shape index (κ2) is 6.96. The van der Waals surface area contributed by atoms with E-state index in [9.17, 15) is 4.79 Å². The number of hydrogen-bond donors (Lipinski definition) is 1. The summed E-state index contributed by atoms with van der Waals surface area (Å²) in [5, 5.41) is 2.90. The summed E-state index contributed by atoms with van der Waals surface area (Å²) in [7, 11) is 1.58. The van der Waals surface area contributed by atoms with Crippen LogP contribution in [0.15, 0.2) is 73.1 Å². The average molecular weight is 357 g/mol. The molecule has 0 aliphatic heterocycles. The Kier molecular flexibility index (Phi) is 4.34. The van der Waals surface area contributed by atoms with E-state index in [0.29, 0.717) is 11.3 Å². The van der Waals surface area contributed by atoms with Gasteiger partial charge in [-0.25, -0.2) is 4.98 Å². The molecule has 0 atom stereocenters. The summed E-state index contributed by atoms with van der Waals surface area (Å²) in [6.45, 7) is 2.04. The summed E-state index contributed by atoms with van der Waals surface area (Å²) < 4.78 is 7.18. The number of aryl methyl sites for hydroxylation is 1. The van der Waals surface area contributed by atoms with Gasteiger partial charge in [0.15, 0.2) is 0 Å². The molecule has 27 heavy (non-hydrogen) atoms. The van der Waals surface area contributed by atoms with Gasteiger partial charge in [-0.15, -0.1) is 0 Å². The number of anilines is 1. The molecular formula is C22H19N3O2. The summed E-state index contributed by atoms with van der Waals surface area (Å²) in [5.74, 6) is 0.477. The molecule has 134 valence electrons. The minimum Gasteiger partial charge on any atom is -0.497 e. The molecule has 4 rings (SSSR count). The van der Waals surface area contributed by atoms with E-state index in [-0.39, 0.29) is 5.91 Å². The molecule has 1 N–H and O–H groups in total. The molecule has 0 radical (unpaired) electrons. The monoisotopic (exact) mass is 357 g/mol. The van der Waals surface area contributed by atoms with E-state index in [1.807, 2.05) is 66.2 Å². The summed E-state index contributed by atoms with van der Waals surface area (Å²) in [4.78, 5) is 17.1. The van der Waals surface area contributed by atoms with Crippen LogP contribution >= 0.6 is 0 Å². The van der Waals surface area contributed by atoms with Crippen LogP contribution in [-0.4, -0.2) is 22.4 Å². The molecule has 2 aromatic carbocycles. The second-order valence-electron chi connectivity index (χ2n) is 6.31. The van der Waals surface area contributed by atoms with Gasteiger partial charge in [-0.3, -0.25) is 4.79 Å². The van der Waals surface area contributed by atoms with Crippen LogP contribution in [-0.2, 0) is 0 Å². The minimum absolute atomic E-state index is 0.176. The molecule has 2 heterocycles. The summed E-state index contributed by atoms with van der Waals surface area (Å²) in [5.41, 5.74) is 5.25. The first-order valence-electron chi connectivity index (χ1n) is 8.64. The largest absolute Gasteiger partial charge is 0.497 e. The van der Waals surface area contributed by atoms with E-state index in [0.717, 1.165) is 28.2 Å². The molecule has 2 aromatic heterocycles. The maximum atomic E-state index is 12.4. The van der Waals surface area contributed by atoms with Gasteiger partial charge in [0.1, 0.15) is 11.4 Å². The van der Waals surface area contributed by atoms with Gasteiger partial charge in [0.05, 0.1) is 12.8 Å². The van der Waals surface area contributed by atoms with Crippen molar-refractivity contribution in [2.45, 2.75) is 6.92 Å². The molecule has 0 unspecified atom stereocenters. The number of methoxy groups -OCH3 is 1. The van der Waals surface area contributed by atoms with Crippen molar-refractivity contribution in [3.8, 4) is 17.0 Å². The van der Waals surface area contributed by atoms with Crippen molar-refractivity contribution < 1.29 is 9.53 Å². The van der Waals surface area contributed by atoms with Crippen LogP contribution in [0.2, 0.25) is 0 Å². The number of nitrogens with one attached hydrogen (secondary N) is 1. The van der Waals surface area contributed by atoms with E-state index in [1.165, 1.54) is 0 Å². The standard InChI is InChI=1S/C22H19N3O2/c1-15-5-4-12-25-14-20(24-21(15)25)16-8-10-18(11-9-16)23-22(26)17-6-3-7-19(13-17)27-2/h3-14H,1-2H3,(H,23,26). The first-order valence-corrected chi connectivity index (χ1v) is 8.64. The molecule has 5 nitrogen and oxygen atoms in total. The van der Waals surface area contributed by atoms with Crippen LogP contribution in [0.25, 0.3) is 16.9 Å². The van der Waals surface area contributed by atoms with Gasteiger partial charge in [0.2, 0.25) is 0 Å². The molecule has 4 aromatic rings. The summed E-state index contributed by atoms with van der Waals surface area (Å²) in [6, 6.07) is 18.8. The van der Waals surface area contributed by atoms with Gasteiger partial charge < -0.3 is 14.5 Å². The number of aromatic nitrogens is 2. The number of benzene rings is 2. The Morgan fingerprint density at radius 1 is 1.07 bits per heavy atom. The zero-order valence-corrected chi connectivity index (χ0v) is 15.1. The van der Waals surface area contributed by atoms with Crippen LogP contribution in [0.1, 0.15) is 15.9 Å². The predicted octanol–water partition coefficient (Wildman–Crippen LogP) is 4.57. The first-order chi connectivity index (χ1) is 13.1. The van der Waals surface area contributed by atoms with Crippen LogP contribution in [0.4, 0.5) is 5.69 Å². The van der Waals surface area contributed by atoms with Crippen LogP contribution < -0.4 is 10.1 Å². The lowest BCUT2D eigenvalue weighted by molar-refractivity contribution is 0.102. The zero-order valence-electron chi connectivity index (χ0n) is 15.1. The van der Waals surface area contributed by atoms with E-state index in [4.69, 9.17) is 9.72 Å². The summed E-state index contributed by atoms with van der Waals surface area (Å²) >= 11 is 0. The molecule has 0 bridgehead atoms. The Hall–Kier alpha value is -3.60. The van der Waals surface area contributed by atoms with E-state index in [1.54, 1.807) is 25.3 Å². The van der Waals surface area contributed by atoms with Crippen molar-refractivity contribution in [1.82, 2.24) is 9.38 Å². The maximum absolute atomic E-state index is 12.4. The number of ether oxygens (including phenoxy) is 1. The van der Waals surface area contributed by atoms with E-state index >= 15 is 0 Å². The quantitative estimate of drug-likeness (QED) is 0.582. The molecule has 0 aliphatic rings. The van der Waals surface area contributed by atoms with Crippen LogP contribution in [0.3, 0.4) is 0 Å². The van der Waals surface area contributed by atoms with Crippen LogP contribution in [0, 0.1) is 6.92 Å². The number of hydrogen-bond acceptors (Lipinski definition) is 3. The van der Waals surface area contributed by atoms with Crippen molar-refractivity contribution in [3.63, 3.8) is 0 Å². The van der Waals surface area contributed by atoms with Gasteiger partial charge in [-0.05, 0) is 48.9 Å². The lowest BCUT2D eigenvalue weighted by Gasteiger charge is -2.07. The van der Waals surface area contributed by atoms with Crippen LogP contribution in [0.5, 0.6) is 5.75 Å². The van der Waals surface area contributed by atoms with E-state index < -0.39 is 0 Å². The highest BCUT2D eigenvalue weighted by molar-refractivity contribution is 6.04. The number of imidazole rings is 1. The maximum Gasteiger partial charge on any atom is 0.255 e. The smallest absolute Gasteiger partial charge is 0.255 e. The number of pyridine rings is 1. The fourth-order valence-electron chi connectivity index (χ4n) is 2.98. The van der Waals surface area contributed by atoms with Crippen molar-refractivity contribution >= 4 is 17.2 Å². The lowest BCUT2D eigenvalue weighted by atomic mass is 10.1. The highest BCUT2D eigenvalue weighted by Crippen LogP contribution is 2.23. The zero-order chi connectivity index (χ0) is 18.8. The Balaban J connectivity index is 1.54. The third-order valence-electron chi connectivity index (χ3n) is 4.45. The third kappa shape index (κ3) is 3.40. The van der Waals surface area contributed by atoms with Gasteiger partial charge in [-0.1, -0.05) is 24.3 Å². The molecule has 1 amide bonds. The van der Waals surface area contributed by atoms with Crippen molar-refractivity contribution in [2.75, 3.05) is 12.4 Å². The molecule has 0 saturated heterocycles. The third-order valence-corrected chi connectivity index (χ3v) is 4.45. The normalized spacial score (nSPS) is 10.7. The van der Waals surface area contributed by atoms with Gasteiger partial charge >= 0.3 is 0 Å². The van der Waals surface area contributed by atoms with Gasteiger partial charge in [0, 0.05) is 29.2 Å². The van der Waals surface area contributed by atoms with Gasteiger partial charge in [0.25, 0.3) is 5.91 Å². The summed E-state index contributed by atoms with van der Waals surface area (Å²) in [6.07, 6.45) is 3.99. The highest BCUT2D eigenvalue weighted by atomic mass is 16.5. The fourth-order valence-corrected chi connectivity index (χ4v) is 2.98. The number of amides is 1. The predicted molar refractivity (Wildman–Crippen MR) is 106 cm³/mol. The van der Waals surface area contributed by atoms with Crippen molar-refractivity contribution in [1.29, 1.82) is 0 Å². The van der Waals surface area contributed by atoms with Crippen molar-refractivity contribution in [2.24, 2.45) is 0 Å². The average Bonchev–Trinajstić information content (AvgIpc) is 3.14. The van der Waals surface area contributed by atoms with E-state index in [2.05, 4.69) is 5.32 Å². The van der Waals surface area contributed by atoms with Gasteiger partial charge in [-0.2, -0.15) is 0 Å². The highest BCUT2D eigenvalue weighted by Gasteiger charge is 2.09.